The van der Waals surface area contributed by atoms with Crippen LogP contribution < -0.4 is 4.72 Å². The summed E-state index contributed by atoms with van der Waals surface area (Å²) in [6, 6.07) is 3.13. The van der Waals surface area contributed by atoms with Crippen LogP contribution in [0, 0.1) is 0 Å². The largest absolute Gasteiger partial charge is 0.288 e. The Bertz CT molecular complexity index is 1040. The first kappa shape index (κ1) is 15.7. The number of nitrogens with one attached hydrogen (secondary N) is 1. The molecule has 1 aliphatic heterocycles. The molecule has 0 saturated carbocycles. The highest BCUT2D eigenvalue weighted by atomic mass is 35.5. The number of halogens is 2. The summed E-state index contributed by atoms with van der Waals surface area (Å²) in [4.78, 5) is 4.06. The average molecular weight is 386 g/mol. The summed E-state index contributed by atoms with van der Waals surface area (Å²) in [5, 5.41) is 4.46. The molecule has 3 aromatic heterocycles. The minimum absolute atomic E-state index is 0.106. The van der Waals surface area contributed by atoms with Crippen LogP contribution in [0.3, 0.4) is 0 Å². The zero-order valence-corrected chi connectivity index (χ0v) is 14.7. The molecule has 4 rings (SSSR count). The van der Waals surface area contributed by atoms with Gasteiger partial charge in [-0.3, -0.25) is 13.8 Å². The van der Waals surface area contributed by atoms with Gasteiger partial charge in [0.1, 0.15) is 5.65 Å². The van der Waals surface area contributed by atoms with Crippen molar-refractivity contribution >= 4 is 44.6 Å². The highest BCUT2D eigenvalue weighted by Gasteiger charge is 2.27. The topological polar surface area (TPSA) is 81.3 Å². The fourth-order valence-corrected chi connectivity index (χ4v) is 4.78. The first-order valence-corrected chi connectivity index (χ1v) is 9.60. The lowest BCUT2D eigenvalue weighted by Gasteiger charge is -2.15. The molecule has 1 N–H and O–H groups in total. The van der Waals surface area contributed by atoms with E-state index in [9.17, 15) is 8.42 Å². The number of aryl methyl sites for hydroxylation is 1. The number of nitrogens with zero attached hydrogens (tertiary/aromatic N) is 4. The van der Waals surface area contributed by atoms with Crippen molar-refractivity contribution in [3.05, 3.63) is 40.4 Å². The van der Waals surface area contributed by atoms with Gasteiger partial charge in [-0.05, 0) is 25.3 Å². The van der Waals surface area contributed by atoms with Crippen LogP contribution in [0.5, 0.6) is 0 Å². The van der Waals surface area contributed by atoms with Gasteiger partial charge in [0.25, 0.3) is 10.0 Å². The molecule has 4 heterocycles. The maximum absolute atomic E-state index is 12.8. The summed E-state index contributed by atoms with van der Waals surface area (Å²) in [5.74, 6) is 0. The molecule has 1 aliphatic rings. The highest BCUT2D eigenvalue weighted by Crippen LogP contribution is 2.28. The van der Waals surface area contributed by atoms with E-state index in [1.54, 1.807) is 12.1 Å². The molecule has 0 bridgehead atoms. The van der Waals surface area contributed by atoms with Crippen LogP contribution >= 0.6 is 23.2 Å². The maximum Gasteiger partial charge on any atom is 0.281 e. The molecule has 0 aliphatic carbocycles. The lowest BCUT2D eigenvalue weighted by molar-refractivity contribution is 0.487. The quantitative estimate of drug-likeness (QED) is 0.751. The van der Waals surface area contributed by atoms with Crippen molar-refractivity contribution in [3.63, 3.8) is 0 Å². The lowest BCUT2D eigenvalue weighted by atomic mass is 10.1. The molecular formula is C14H13Cl2N5O2S. The summed E-state index contributed by atoms with van der Waals surface area (Å²) in [6.07, 6.45) is 5.90. The monoisotopic (exact) mass is 385 g/mol. The Labute approximate surface area is 148 Å². The molecule has 0 amide bonds. The van der Waals surface area contributed by atoms with Crippen molar-refractivity contribution < 1.29 is 8.42 Å². The molecule has 0 aromatic carbocycles. The first-order valence-electron chi connectivity index (χ1n) is 7.36. The molecule has 3 aromatic rings. The van der Waals surface area contributed by atoms with E-state index in [-0.39, 0.29) is 10.2 Å². The predicted molar refractivity (Wildman–Crippen MR) is 91.2 cm³/mol. The van der Waals surface area contributed by atoms with E-state index in [1.165, 1.54) is 16.8 Å². The van der Waals surface area contributed by atoms with Crippen LogP contribution in [0.15, 0.2) is 29.6 Å². The average Bonchev–Trinajstić information content (AvgIpc) is 3.07. The molecule has 7 nitrogen and oxygen atoms in total. The van der Waals surface area contributed by atoms with E-state index >= 15 is 0 Å². The molecule has 0 unspecified atom stereocenters. The van der Waals surface area contributed by atoms with Crippen molar-refractivity contribution in [2.45, 2.75) is 30.8 Å². The molecule has 0 saturated heterocycles. The van der Waals surface area contributed by atoms with E-state index in [0.717, 1.165) is 31.5 Å². The van der Waals surface area contributed by atoms with Gasteiger partial charge in [0.2, 0.25) is 0 Å². The number of hydrogen-bond donors (Lipinski definition) is 1. The van der Waals surface area contributed by atoms with Crippen molar-refractivity contribution in [3.8, 4) is 0 Å². The van der Waals surface area contributed by atoms with Crippen molar-refractivity contribution in [2.75, 3.05) is 4.72 Å². The molecule has 126 valence electrons. The Morgan fingerprint density at radius 1 is 1.25 bits per heavy atom. The number of anilines is 1. The fourth-order valence-electron chi connectivity index (χ4n) is 2.91. The summed E-state index contributed by atoms with van der Waals surface area (Å²) in [5.41, 5.74) is 1.73. The highest BCUT2D eigenvalue weighted by molar-refractivity contribution is 7.92. The normalized spacial score (nSPS) is 14.8. The van der Waals surface area contributed by atoms with E-state index in [2.05, 4.69) is 14.8 Å². The van der Waals surface area contributed by atoms with Crippen molar-refractivity contribution in [2.24, 2.45) is 0 Å². The van der Waals surface area contributed by atoms with E-state index in [4.69, 9.17) is 23.2 Å². The molecule has 0 radical (unpaired) electrons. The van der Waals surface area contributed by atoms with Gasteiger partial charge >= 0.3 is 0 Å². The molecule has 0 fully saturated rings. The second kappa shape index (κ2) is 5.65. The number of pyridine rings is 1. The second-order valence-corrected chi connectivity index (χ2v) is 7.96. The number of fused-ring (bicyclic) bond motifs is 2. The second-order valence-electron chi connectivity index (χ2n) is 5.57. The predicted octanol–water partition coefficient (Wildman–Crippen LogP) is 2.97. The Balaban J connectivity index is 1.78. The summed E-state index contributed by atoms with van der Waals surface area (Å²) >= 11 is 12.0. The number of aromatic nitrogens is 4. The number of hydrogen-bond acceptors (Lipinski definition) is 4. The SMILES string of the molecule is O=S(=O)(Nc1cnn2c1CCCC2)c1c(Cl)nc2cc(Cl)ccn12. The third kappa shape index (κ3) is 2.54. The molecule has 0 spiro atoms. The van der Waals surface area contributed by atoms with E-state index < -0.39 is 10.0 Å². The number of sulfonamides is 1. The van der Waals surface area contributed by atoms with Gasteiger partial charge in [-0.25, -0.2) is 4.98 Å². The minimum atomic E-state index is -3.92. The number of rotatable bonds is 3. The van der Waals surface area contributed by atoms with E-state index in [0.29, 0.717) is 16.4 Å². The standard InChI is InChI=1S/C14H13Cl2N5O2S/c15-9-4-6-20-12(7-9)18-13(16)14(20)24(22,23)19-10-8-17-21-5-2-1-3-11(10)21/h4,6-8,19H,1-3,5H2. The third-order valence-electron chi connectivity index (χ3n) is 3.99. The Morgan fingerprint density at radius 3 is 2.92 bits per heavy atom. The molecule has 0 atom stereocenters. The number of imidazole rings is 1. The molecular weight excluding hydrogens is 373 g/mol. The van der Waals surface area contributed by atoms with Crippen molar-refractivity contribution in [1.29, 1.82) is 0 Å². The Hall–Kier alpha value is -1.77. The van der Waals surface area contributed by atoms with Crippen LogP contribution in [0.25, 0.3) is 5.65 Å². The van der Waals surface area contributed by atoms with Gasteiger partial charge in [-0.1, -0.05) is 23.2 Å². The Morgan fingerprint density at radius 2 is 2.08 bits per heavy atom. The van der Waals surface area contributed by atoms with Crippen LogP contribution in [0.1, 0.15) is 18.5 Å². The zero-order chi connectivity index (χ0) is 16.9. The summed E-state index contributed by atoms with van der Waals surface area (Å²) in [7, 11) is -3.92. The zero-order valence-electron chi connectivity index (χ0n) is 12.4. The molecule has 10 heteroatoms. The fraction of sp³-hybridized carbons (Fsp3) is 0.286. The summed E-state index contributed by atoms with van der Waals surface area (Å²) in [6.45, 7) is 0.798. The van der Waals surface area contributed by atoms with E-state index in [1.807, 2.05) is 4.68 Å². The Kier molecular flexibility index (Phi) is 3.70. The van der Waals surface area contributed by atoms with Crippen LogP contribution in [0.4, 0.5) is 5.69 Å². The van der Waals surface area contributed by atoms with Gasteiger partial charge in [0.05, 0.1) is 17.6 Å². The van der Waals surface area contributed by atoms with Gasteiger partial charge < -0.3 is 0 Å². The van der Waals surface area contributed by atoms with Gasteiger partial charge in [-0.2, -0.15) is 13.5 Å². The van der Waals surface area contributed by atoms with Crippen LogP contribution in [0.2, 0.25) is 10.2 Å². The lowest BCUT2D eigenvalue weighted by Crippen LogP contribution is -2.18. The minimum Gasteiger partial charge on any atom is -0.288 e. The maximum atomic E-state index is 12.8. The smallest absolute Gasteiger partial charge is 0.281 e. The summed E-state index contributed by atoms with van der Waals surface area (Å²) < 4.78 is 31.5. The van der Waals surface area contributed by atoms with Gasteiger partial charge in [0.15, 0.2) is 10.2 Å². The van der Waals surface area contributed by atoms with Gasteiger partial charge in [0, 0.05) is 23.8 Å². The first-order chi connectivity index (χ1) is 11.5. The van der Waals surface area contributed by atoms with Gasteiger partial charge in [-0.15, -0.1) is 0 Å². The van der Waals surface area contributed by atoms with Crippen LogP contribution in [-0.2, 0) is 23.0 Å². The van der Waals surface area contributed by atoms with Crippen molar-refractivity contribution in [1.82, 2.24) is 19.2 Å². The molecule has 24 heavy (non-hydrogen) atoms. The van der Waals surface area contributed by atoms with Crippen LogP contribution in [-0.4, -0.2) is 27.6 Å². The third-order valence-corrected chi connectivity index (χ3v) is 5.98.